The quantitative estimate of drug-likeness (QED) is 0.524. The van der Waals surface area contributed by atoms with Gasteiger partial charge in [0.05, 0.1) is 0 Å². The number of hydrogen-bond donors (Lipinski definition) is 1. The fourth-order valence-corrected chi connectivity index (χ4v) is 0.481. The van der Waals surface area contributed by atoms with Crippen molar-refractivity contribution in [3.63, 3.8) is 0 Å². The first kappa shape index (κ1) is 13.8. The van der Waals surface area contributed by atoms with E-state index >= 15 is 0 Å². The Balaban J connectivity index is 0. The first-order valence-electron chi connectivity index (χ1n) is 3.45. The van der Waals surface area contributed by atoms with E-state index in [0.717, 1.165) is 0 Å². The van der Waals surface area contributed by atoms with E-state index in [9.17, 15) is 4.79 Å². The van der Waals surface area contributed by atoms with Crippen molar-refractivity contribution in [2.75, 3.05) is 6.61 Å². The van der Waals surface area contributed by atoms with Crippen LogP contribution in [0.3, 0.4) is 0 Å². The summed E-state index contributed by atoms with van der Waals surface area (Å²) in [6.45, 7) is 3.70. The Hall–Kier alpha value is -0.720. The number of ether oxygens (including phenoxy) is 1. The van der Waals surface area contributed by atoms with Gasteiger partial charge < -0.3 is 10.5 Å². The Kier molecular flexibility index (Phi) is 8.03. The molecule has 0 heterocycles. The van der Waals surface area contributed by atoms with Crippen LogP contribution in [-0.2, 0) is 9.53 Å². The van der Waals surface area contributed by atoms with Crippen molar-refractivity contribution in [3.8, 4) is 12.3 Å². The molecule has 0 aliphatic heterocycles. The third-order valence-corrected chi connectivity index (χ3v) is 1.29. The fraction of sp³-hybridized carbons (Fsp3) is 0.625. The average Bonchev–Trinajstić information content (AvgIpc) is 1.98. The number of terminal acetylenes is 1. The van der Waals surface area contributed by atoms with Crippen LogP contribution in [0, 0.1) is 18.3 Å². The highest BCUT2D eigenvalue weighted by molar-refractivity contribution is 5.85. The molecule has 0 spiro atoms. The smallest absolute Gasteiger partial charge is 0.324 e. The van der Waals surface area contributed by atoms with E-state index in [-0.39, 0.29) is 24.9 Å². The van der Waals surface area contributed by atoms with E-state index in [1.165, 1.54) is 0 Å². The molecule has 0 aromatic carbocycles. The van der Waals surface area contributed by atoms with Gasteiger partial charge in [-0.25, -0.2) is 0 Å². The van der Waals surface area contributed by atoms with Gasteiger partial charge in [-0.05, 0) is 5.92 Å². The predicted octanol–water partition coefficient (Wildman–Crippen LogP) is 0.568. The molecule has 12 heavy (non-hydrogen) atoms. The van der Waals surface area contributed by atoms with E-state index in [1.807, 2.05) is 13.8 Å². The molecule has 0 aliphatic rings. The van der Waals surface area contributed by atoms with Gasteiger partial charge in [0.25, 0.3) is 0 Å². The summed E-state index contributed by atoms with van der Waals surface area (Å²) in [5.41, 5.74) is 5.46. The molecular weight excluding hydrogens is 178 g/mol. The Morgan fingerprint density at radius 3 is 2.50 bits per heavy atom. The molecule has 0 fully saturated rings. The van der Waals surface area contributed by atoms with E-state index in [2.05, 4.69) is 10.7 Å². The molecule has 0 amide bonds. The minimum atomic E-state index is -0.566. The summed E-state index contributed by atoms with van der Waals surface area (Å²) in [6.07, 6.45) is 4.89. The summed E-state index contributed by atoms with van der Waals surface area (Å²) >= 11 is 0. The molecule has 0 saturated heterocycles. The minimum Gasteiger partial charge on any atom is -0.451 e. The van der Waals surface area contributed by atoms with Crippen LogP contribution < -0.4 is 5.73 Å². The Labute approximate surface area is 79.1 Å². The molecule has 70 valence electrons. The maximum absolute atomic E-state index is 10.9. The monoisotopic (exact) mass is 191 g/mol. The highest BCUT2D eigenvalue weighted by Crippen LogP contribution is 1.99. The Morgan fingerprint density at radius 2 is 2.17 bits per heavy atom. The molecule has 0 aromatic rings. The normalized spacial score (nSPS) is 11.2. The van der Waals surface area contributed by atoms with Crippen LogP contribution in [0.5, 0.6) is 0 Å². The van der Waals surface area contributed by atoms with Crippen LogP contribution in [-0.4, -0.2) is 18.6 Å². The first-order valence-corrected chi connectivity index (χ1v) is 3.45. The van der Waals surface area contributed by atoms with Crippen LogP contribution in [0.25, 0.3) is 0 Å². The summed E-state index contributed by atoms with van der Waals surface area (Å²) in [6, 6.07) is -0.566. The SMILES string of the molecule is C#CCOC(=O)C(N)C(C)C.Cl. The minimum absolute atomic E-state index is 0. The zero-order valence-electron chi connectivity index (χ0n) is 7.24. The third kappa shape index (κ3) is 5.00. The van der Waals surface area contributed by atoms with Crippen molar-refractivity contribution < 1.29 is 9.53 Å². The van der Waals surface area contributed by atoms with E-state index < -0.39 is 12.0 Å². The van der Waals surface area contributed by atoms with Crippen molar-refractivity contribution in [3.05, 3.63) is 0 Å². The Morgan fingerprint density at radius 1 is 1.67 bits per heavy atom. The van der Waals surface area contributed by atoms with Crippen molar-refractivity contribution in [2.45, 2.75) is 19.9 Å². The highest BCUT2D eigenvalue weighted by atomic mass is 35.5. The number of carbonyl (C=O) groups is 1. The number of nitrogens with two attached hydrogens (primary N) is 1. The standard InChI is InChI=1S/C8H13NO2.ClH/c1-4-5-11-8(10)7(9)6(2)3;/h1,6-7H,5,9H2,2-3H3;1H. The van der Waals surface area contributed by atoms with E-state index in [1.54, 1.807) is 0 Å². The summed E-state index contributed by atoms with van der Waals surface area (Å²) in [5, 5.41) is 0. The van der Waals surface area contributed by atoms with Crippen molar-refractivity contribution in [1.29, 1.82) is 0 Å². The van der Waals surface area contributed by atoms with Gasteiger partial charge in [-0.2, -0.15) is 0 Å². The molecule has 4 heteroatoms. The molecule has 0 rings (SSSR count). The number of rotatable bonds is 3. The number of esters is 1. The lowest BCUT2D eigenvalue weighted by Gasteiger charge is -2.12. The zero-order valence-corrected chi connectivity index (χ0v) is 8.06. The lowest BCUT2D eigenvalue weighted by atomic mass is 10.1. The Bertz CT molecular complexity index is 174. The number of carbonyl (C=O) groups excluding carboxylic acids is 1. The van der Waals surface area contributed by atoms with Gasteiger partial charge in [0.2, 0.25) is 0 Å². The van der Waals surface area contributed by atoms with Gasteiger partial charge >= 0.3 is 5.97 Å². The molecule has 0 bridgehead atoms. The molecule has 0 radical (unpaired) electrons. The summed E-state index contributed by atoms with van der Waals surface area (Å²) in [7, 11) is 0. The van der Waals surface area contributed by atoms with Crippen LogP contribution in [0.1, 0.15) is 13.8 Å². The van der Waals surface area contributed by atoms with Gasteiger partial charge in [-0.3, -0.25) is 4.79 Å². The molecule has 0 aromatic heterocycles. The molecular formula is C8H14ClNO2. The van der Waals surface area contributed by atoms with Gasteiger partial charge in [0.15, 0.2) is 6.61 Å². The highest BCUT2D eigenvalue weighted by Gasteiger charge is 2.17. The molecule has 0 aliphatic carbocycles. The molecule has 1 atom stereocenters. The summed E-state index contributed by atoms with van der Waals surface area (Å²) in [4.78, 5) is 10.9. The van der Waals surface area contributed by atoms with Gasteiger partial charge in [-0.1, -0.05) is 19.8 Å². The maximum Gasteiger partial charge on any atom is 0.324 e. The summed E-state index contributed by atoms with van der Waals surface area (Å²) < 4.78 is 4.61. The van der Waals surface area contributed by atoms with Gasteiger partial charge in [-0.15, -0.1) is 18.8 Å². The van der Waals surface area contributed by atoms with Crippen molar-refractivity contribution in [1.82, 2.24) is 0 Å². The fourth-order valence-electron chi connectivity index (χ4n) is 0.481. The van der Waals surface area contributed by atoms with Crippen molar-refractivity contribution >= 4 is 18.4 Å². The van der Waals surface area contributed by atoms with E-state index in [4.69, 9.17) is 12.2 Å². The van der Waals surface area contributed by atoms with E-state index in [0.29, 0.717) is 0 Å². The molecule has 2 N–H and O–H groups in total. The van der Waals surface area contributed by atoms with Crippen molar-refractivity contribution in [2.24, 2.45) is 11.7 Å². The second-order valence-electron chi connectivity index (χ2n) is 2.58. The van der Waals surface area contributed by atoms with Crippen LogP contribution in [0.2, 0.25) is 0 Å². The van der Waals surface area contributed by atoms with Gasteiger partial charge in [0.1, 0.15) is 6.04 Å². The molecule has 3 nitrogen and oxygen atoms in total. The topological polar surface area (TPSA) is 52.3 Å². The predicted molar refractivity (Wildman–Crippen MR) is 49.9 cm³/mol. The van der Waals surface area contributed by atoms with Gasteiger partial charge in [0, 0.05) is 0 Å². The summed E-state index contributed by atoms with van der Waals surface area (Å²) in [5.74, 6) is 1.84. The first-order chi connectivity index (χ1) is 5.09. The zero-order chi connectivity index (χ0) is 8.85. The lowest BCUT2D eigenvalue weighted by molar-refractivity contribution is -0.144. The third-order valence-electron chi connectivity index (χ3n) is 1.29. The molecule has 1 unspecified atom stereocenters. The van der Waals surface area contributed by atoms with Crippen LogP contribution in [0.4, 0.5) is 0 Å². The van der Waals surface area contributed by atoms with Crippen LogP contribution in [0.15, 0.2) is 0 Å². The number of hydrogen-bond acceptors (Lipinski definition) is 3. The second kappa shape index (κ2) is 6.96. The molecule has 0 saturated carbocycles. The number of halogens is 1. The second-order valence-corrected chi connectivity index (χ2v) is 2.58. The lowest BCUT2D eigenvalue weighted by Crippen LogP contribution is -2.37. The average molecular weight is 192 g/mol. The van der Waals surface area contributed by atoms with Crippen LogP contribution >= 0.6 is 12.4 Å². The maximum atomic E-state index is 10.9. The largest absolute Gasteiger partial charge is 0.451 e.